The molecule has 1 amide bonds. The fourth-order valence-electron chi connectivity index (χ4n) is 2.56. The van der Waals surface area contributed by atoms with Gasteiger partial charge in [0.15, 0.2) is 0 Å². The van der Waals surface area contributed by atoms with Crippen LogP contribution in [0.15, 0.2) is 54.6 Å². The van der Waals surface area contributed by atoms with Gasteiger partial charge in [0.2, 0.25) is 5.62 Å². The Kier molecular flexibility index (Phi) is 3.76. The maximum Gasteiger partial charge on any atom is 0.263 e. The summed E-state index contributed by atoms with van der Waals surface area (Å²) in [4.78, 5) is 11.5. The lowest BCUT2D eigenvalue weighted by atomic mass is 10.2. The Morgan fingerprint density at radius 3 is 2.23 bits per heavy atom. The van der Waals surface area contributed by atoms with Gasteiger partial charge in [-0.05, 0) is 17.7 Å². The molecule has 0 fully saturated rings. The summed E-state index contributed by atoms with van der Waals surface area (Å²) in [6.07, 6.45) is 0. The highest BCUT2D eigenvalue weighted by atomic mass is 16.5. The first kappa shape index (κ1) is 14.1. The van der Waals surface area contributed by atoms with Crippen LogP contribution in [0.4, 0.5) is 0 Å². The first-order chi connectivity index (χ1) is 10.7. The van der Waals surface area contributed by atoms with Crippen molar-refractivity contribution in [3.8, 4) is 0 Å². The molecule has 112 valence electrons. The van der Waals surface area contributed by atoms with Crippen LogP contribution in [0, 0.1) is 5.41 Å². The average Bonchev–Trinajstić information content (AvgIpc) is 2.82. The smallest absolute Gasteiger partial charge is 0.263 e. The van der Waals surface area contributed by atoms with Crippen LogP contribution in [0.5, 0.6) is 0 Å². The van der Waals surface area contributed by atoms with E-state index >= 15 is 0 Å². The molecule has 0 unspecified atom stereocenters. The van der Waals surface area contributed by atoms with Gasteiger partial charge in [0.1, 0.15) is 6.54 Å². The van der Waals surface area contributed by atoms with E-state index in [1.807, 2.05) is 59.2 Å². The van der Waals surface area contributed by atoms with Gasteiger partial charge in [-0.25, -0.2) is 5.48 Å². The predicted molar refractivity (Wildman–Crippen MR) is 81.3 cm³/mol. The zero-order valence-corrected chi connectivity index (χ0v) is 11.9. The van der Waals surface area contributed by atoms with E-state index in [-0.39, 0.29) is 12.2 Å². The van der Waals surface area contributed by atoms with Crippen LogP contribution in [0.3, 0.4) is 0 Å². The molecule has 3 N–H and O–H groups in total. The van der Waals surface area contributed by atoms with E-state index < -0.39 is 5.91 Å². The van der Waals surface area contributed by atoms with Crippen LogP contribution in [0.2, 0.25) is 0 Å². The fraction of sp³-hybridized carbons (Fsp3) is 0.125. The Hall–Kier alpha value is -2.86. The Labute approximate surface area is 126 Å². The highest BCUT2D eigenvalue weighted by molar-refractivity contribution is 5.80. The summed E-state index contributed by atoms with van der Waals surface area (Å²) < 4.78 is 3.42. The molecule has 0 spiro atoms. The number of carbonyl (C=O) groups is 1. The summed E-state index contributed by atoms with van der Waals surface area (Å²) in [5.41, 5.74) is 4.57. The van der Waals surface area contributed by atoms with E-state index in [0.717, 1.165) is 16.6 Å². The summed E-state index contributed by atoms with van der Waals surface area (Å²) in [6, 6.07) is 17.4. The van der Waals surface area contributed by atoms with Crippen molar-refractivity contribution < 1.29 is 10.0 Å². The largest absolute Gasteiger partial charge is 0.306 e. The molecule has 0 saturated carbocycles. The van der Waals surface area contributed by atoms with Crippen LogP contribution in [-0.4, -0.2) is 20.2 Å². The lowest BCUT2D eigenvalue weighted by molar-refractivity contribution is -0.129. The van der Waals surface area contributed by atoms with Crippen molar-refractivity contribution in [1.29, 1.82) is 5.41 Å². The molecule has 0 aliphatic rings. The highest BCUT2D eigenvalue weighted by Crippen LogP contribution is 2.14. The van der Waals surface area contributed by atoms with Crippen molar-refractivity contribution in [3.63, 3.8) is 0 Å². The van der Waals surface area contributed by atoms with Crippen molar-refractivity contribution in [2.45, 2.75) is 13.1 Å². The van der Waals surface area contributed by atoms with Crippen molar-refractivity contribution in [1.82, 2.24) is 14.6 Å². The second-order valence-electron chi connectivity index (χ2n) is 5.01. The molecule has 0 atom stereocenters. The second kappa shape index (κ2) is 5.87. The maximum atomic E-state index is 11.5. The van der Waals surface area contributed by atoms with Gasteiger partial charge in [-0.2, -0.15) is 0 Å². The number of imidazole rings is 1. The van der Waals surface area contributed by atoms with Crippen LogP contribution in [-0.2, 0) is 17.9 Å². The molecule has 3 aromatic rings. The zero-order chi connectivity index (χ0) is 15.5. The van der Waals surface area contributed by atoms with Crippen LogP contribution >= 0.6 is 0 Å². The Morgan fingerprint density at radius 2 is 1.59 bits per heavy atom. The number of aromatic nitrogens is 2. The summed E-state index contributed by atoms with van der Waals surface area (Å²) in [6.45, 7) is 0.450. The molecule has 1 heterocycles. The molecule has 3 rings (SSSR count). The lowest BCUT2D eigenvalue weighted by Crippen LogP contribution is -2.31. The topological polar surface area (TPSA) is 83.0 Å². The van der Waals surface area contributed by atoms with Crippen molar-refractivity contribution in [3.05, 3.63) is 65.8 Å². The van der Waals surface area contributed by atoms with Gasteiger partial charge < -0.3 is 9.13 Å². The number of benzene rings is 2. The number of para-hydroxylation sites is 2. The van der Waals surface area contributed by atoms with E-state index in [2.05, 4.69) is 0 Å². The SMILES string of the molecule is N=c1n(CC(=O)NO)c2ccccc2n1Cc1ccccc1. The van der Waals surface area contributed by atoms with Gasteiger partial charge in [-0.15, -0.1) is 0 Å². The van der Waals surface area contributed by atoms with Crippen molar-refractivity contribution in [2.24, 2.45) is 0 Å². The average molecular weight is 296 g/mol. The van der Waals surface area contributed by atoms with Crippen molar-refractivity contribution in [2.75, 3.05) is 0 Å². The monoisotopic (exact) mass is 296 g/mol. The molecule has 0 aliphatic carbocycles. The van der Waals surface area contributed by atoms with Gasteiger partial charge in [0, 0.05) is 0 Å². The third-order valence-corrected chi connectivity index (χ3v) is 3.58. The number of hydrogen-bond donors (Lipinski definition) is 3. The summed E-state index contributed by atoms with van der Waals surface area (Å²) in [5.74, 6) is -0.555. The minimum Gasteiger partial charge on any atom is -0.306 e. The number of nitrogens with zero attached hydrogens (tertiary/aromatic N) is 2. The predicted octanol–water partition coefficient (Wildman–Crippen LogP) is 1.48. The van der Waals surface area contributed by atoms with Gasteiger partial charge >= 0.3 is 0 Å². The minimum absolute atomic E-state index is 0.0996. The standard InChI is InChI=1S/C16H16N4O2/c17-16-19(10-12-6-2-1-3-7-12)13-8-4-5-9-14(13)20(16)11-15(21)18-22/h1-9,17,22H,10-11H2,(H,18,21). The normalized spacial score (nSPS) is 10.8. The number of hydrogen-bond acceptors (Lipinski definition) is 3. The van der Waals surface area contributed by atoms with E-state index in [1.165, 1.54) is 0 Å². The van der Waals surface area contributed by atoms with Crippen molar-refractivity contribution >= 4 is 16.9 Å². The second-order valence-corrected chi connectivity index (χ2v) is 5.01. The maximum absolute atomic E-state index is 11.5. The first-order valence-corrected chi connectivity index (χ1v) is 6.90. The van der Waals surface area contributed by atoms with Crippen LogP contribution < -0.4 is 11.1 Å². The molecular weight excluding hydrogens is 280 g/mol. The first-order valence-electron chi connectivity index (χ1n) is 6.90. The van der Waals surface area contributed by atoms with Gasteiger partial charge in [-0.1, -0.05) is 42.5 Å². The number of carbonyl (C=O) groups excluding carboxylic acids is 1. The third kappa shape index (κ3) is 2.51. The molecule has 22 heavy (non-hydrogen) atoms. The number of fused-ring (bicyclic) bond motifs is 1. The number of hydroxylamine groups is 1. The summed E-state index contributed by atoms with van der Waals surface area (Å²) in [7, 11) is 0. The molecule has 1 aromatic heterocycles. The molecular formula is C16H16N4O2. The quantitative estimate of drug-likeness (QED) is 0.503. The Bertz CT molecular complexity index is 865. The molecule has 0 bridgehead atoms. The summed E-state index contributed by atoms with van der Waals surface area (Å²) in [5, 5.41) is 17.1. The highest BCUT2D eigenvalue weighted by Gasteiger charge is 2.13. The molecule has 6 heteroatoms. The van der Waals surface area contributed by atoms with Gasteiger partial charge in [0.25, 0.3) is 5.91 Å². The molecule has 0 radical (unpaired) electrons. The third-order valence-electron chi connectivity index (χ3n) is 3.58. The minimum atomic E-state index is -0.555. The molecule has 6 nitrogen and oxygen atoms in total. The number of nitrogens with one attached hydrogen (secondary N) is 2. The fourth-order valence-corrected chi connectivity index (χ4v) is 2.56. The van der Waals surface area contributed by atoms with E-state index in [4.69, 9.17) is 10.6 Å². The number of rotatable bonds is 4. The van der Waals surface area contributed by atoms with E-state index in [0.29, 0.717) is 6.54 Å². The van der Waals surface area contributed by atoms with Crippen LogP contribution in [0.25, 0.3) is 11.0 Å². The Morgan fingerprint density at radius 1 is 1.00 bits per heavy atom. The van der Waals surface area contributed by atoms with Gasteiger partial charge in [0.05, 0.1) is 17.6 Å². The zero-order valence-electron chi connectivity index (χ0n) is 11.9. The lowest BCUT2D eigenvalue weighted by Gasteiger charge is -2.04. The molecule has 0 saturated heterocycles. The number of amides is 1. The van der Waals surface area contributed by atoms with Gasteiger partial charge in [-0.3, -0.25) is 15.4 Å². The molecule has 2 aromatic carbocycles. The van der Waals surface area contributed by atoms with E-state index in [9.17, 15) is 4.79 Å². The Balaban J connectivity index is 2.12. The van der Waals surface area contributed by atoms with E-state index in [1.54, 1.807) is 10.0 Å². The van der Waals surface area contributed by atoms with Crippen LogP contribution in [0.1, 0.15) is 5.56 Å². The summed E-state index contributed by atoms with van der Waals surface area (Å²) >= 11 is 0. The molecule has 0 aliphatic heterocycles.